The lowest BCUT2D eigenvalue weighted by Crippen LogP contribution is -2.11. The van der Waals surface area contributed by atoms with E-state index in [1.54, 1.807) is 0 Å². The normalized spacial score (nSPS) is 18.1. The largest absolute Gasteiger partial charge is 0.330 e. The quantitative estimate of drug-likeness (QED) is 0.779. The molecule has 3 nitrogen and oxygen atoms in total. The number of thioether (sulfide) groups is 1. The van der Waals surface area contributed by atoms with Crippen LogP contribution in [0.4, 0.5) is 0 Å². The molecule has 1 aliphatic carbocycles. The smallest absolute Gasteiger partial charge is 0.0939 e. The summed E-state index contributed by atoms with van der Waals surface area (Å²) in [6, 6.07) is 2.16. The average Bonchev–Trinajstić information content (AvgIpc) is 2.86. The van der Waals surface area contributed by atoms with E-state index in [0.29, 0.717) is 5.41 Å². The van der Waals surface area contributed by atoms with Gasteiger partial charge in [-0.05, 0) is 44.2 Å². The molecule has 2 N–H and O–H groups in total. The van der Waals surface area contributed by atoms with Crippen molar-refractivity contribution in [3.63, 3.8) is 0 Å². The van der Waals surface area contributed by atoms with Crippen molar-refractivity contribution in [1.29, 1.82) is 0 Å². The van der Waals surface area contributed by atoms with E-state index in [0.717, 1.165) is 12.2 Å². The molecule has 0 spiro atoms. The molecule has 1 aliphatic rings. The zero-order chi connectivity index (χ0) is 10.9. The van der Waals surface area contributed by atoms with Crippen molar-refractivity contribution >= 4 is 11.8 Å². The van der Waals surface area contributed by atoms with Gasteiger partial charge in [-0.25, -0.2) is 0 Å². The molecular weight excluding hydrogens is 206 g/mol. The van der Waals surface area contributed by atoms with Crippen LogP contribution in [0.2, 0.25) is 0 Å². The highest BCUT2D eigenvalue weighted by molar-refractivity contribution is 7.99. The van der Waals surface area contributed by atoms with Gasteiger partial charge in [0.15, 0.2) is 0 Å². The van der Waals surface area contributed by atoms with Gasteiger partial charge < -0.3 is 5.73 Å². The van der Waals surface area contributed by atoms with Crippen molar-refractivity contribution in [2.24, 2.45) is 18.2 Å². The van der Waals surface area contributed by atoms with E-state index in [4.69, 9.17) is 5.73 Å². The molecule has 0 aliphatic heterocycles. The fourth-order valence-electron chi connectivity index (χ4n) is 1.90. The minimum absolute atomic E-state index is 0.553. The summed E-state index contributed by atoms with van der Waals surface area (Å²) >= 11 is 1.92. The Labute approximate surface area is 95.4 Å². The molecule has 2 rings (SSSR count). The molecule has 1 aromatic heterocycles. The topological polar surface area (TPSA) is 43.8 Å². The molecule has 4 heteroatoms. The molecule has 0 amide bonds. The van der Waals surface area contributed by atoms with Gasteiger partial charge in [0.05, 0.1) is 10.7 Å². The molecule has 0 saturated heterocycles. The van der Waals surface area contributed by atoms with Crippen molar-refractivity contribution in [2.75, 3.05) is 12.3 Å². The summed E-state index contributed by atoms with van der Waals surface area (Å²) in [7, 11) is 2.01. The Morgan fingerprint density at radius 2 is 2.33 bits per heavy atom. The van der Waals surface area contributed by atoms with E-state index in [1.165, 1.54) is 30.0 Å². The molecule has 0 aromatic carbocycles. The van der Waals surface area contributed by atoms with Gasteiger partial charge in [-0.1, -0.05) is 0 Å². The van der Waals surface area contributed by atoms with Crippen molar-refractivity contribution in [3.8, 4) is 0 Å². The molecule has 84 valence electrons. The number of nitrogens with zero attached hydrogens (tertiary/aromatic N) is 2. The van der Waals surface area contributed by atoms with Gasteiger partial charge in [-0.3, -0.25) is 4.68 Å². The molecule has 1 aromatic rings. The van der Waals surface area contributed by atoms with Gasteiger partial charge >= 0.3 is 0 Å². The number of hydrogen-bond acceptors (Lipinski definition) is 3. The van der Waals surface area contributed by atoms with Gasteiger partial charge in [-0.2, -0.15) is 5.10 Å². The Morgan fingerprint density at radius 3 is 2.80 bits per heavy atom. The van der Waals surface area contributed by atoms with Gasteiger partial charge in [0, 0.05) is 12.8 Å². The predicted octanol–water partition coefficient (Wildman–Crippen LogP) is 1.95. The molecule has 1 fully saturated rings. The van der Waals surface area contributed by atoms with E-state index < -0.39 is 0 Å². The fourth-order valence-corrected chi connectivity index (χ4v) is 3.27. The van der Waals surface area contributed by atoms with Gasteiger partial charge in [0.2, 0.25) is 0 Å². The number of aromatic nitrogens is 2. The monoisotopic (exact) mass is 225 g/mol. The summed E-state index contributed by atoms with van der Waals surface area (Å²) in [5.41, 5.74) is 7.28. The molecule has 0 atom stereocenters. The molecule has 1 saturated carbocycles. The van der Waals surface area contributed by atoms with Crippen LogP contribution in [-0.4, -0.2) is 22.1 Å². The Morgan fingerprint density at radius 1 is 1.60 bits per heavy atom. The number of nitrogens with two attached hydrogens (primary N) is 1. The number of rotatable bonds is 5. The van der Waals surface area contributed by atoms with Gasteiger partial charge in [-0.15, -0.1) is 11.8 Å². The van der Waals surface area contributed by atoms with E-state index in [9.17, 15) is 0 Å². The molecule has 1 heterocycles. The second kappa shape index (κ2) is 4.18. The third-order valence-corrected chi connectivity index (χ3v) is 4.55. The van der Waals surface area contributed by atoms with Crippen molar-refractivity contribution in [3.05, 3.63) is 11.8 Å². The maximum atomic E-state index is 5.63. The van der Waals surface area contributed by atoms with Crippen molar-refractivity contribution in [1.82, 2.24) is 9.78 Å². The lowest BCUT2D eigenvalue weighted by atomic mass is 10.1. The minimum Gasteiger partial charge on any atom is -0.330 e. The van der Waals surface area contributed by atoms with Crippen LogP contribution in [0.25, 0.3) is 0 Å². The fraction of sp³-hybridized carbons (Fsp3) is 0.727. The van der Waals surface area contributed by atoms with Crippen molar-refractivity contribution < 1.29 is 0 Å². The Kier molecular flexibility index (Phi) is 3.07. The molecule has 0 bridgehead atoms. The third-order valence-electron chi connectivity index (χ3n) is 3.12. The van der Waals surface area contributed by atoms with Crippen molar-refractivity contribution in [2.45, 2.75) is 31.2 Å². The van der Waals surface area contributed by atoms with E-state index in [1.807, 2.05) is 30.4 Å². The zero-order valence-corrected chi connectivity index (χ0v) is 10.3. The first-order valence-electron chi connectivity index (χ1n) is 5.49. The van der Waals surface area contributed by atoms with Crippen LogP contribution in [0, 0.1) is 12.3 Å². The summed E-state index contributed by atoms with van der Waals surface area (Å²) < 4.78 is 1.97. The Balaban J connectivity index is 1.90. The highest BCUT2D eigenvalue weighted by Crippen LogP contribution is 2.51. The highest BCUT2D eigenvalue weighted by atomic mass is 32.2. The number of hydrogen-bond donors (Lipinski definition) is 1. The maximum absolute atomic E-state index is 5.63. The van der Waals surface area contributed by atoms with Gasteiger partial charge in [0.25, 0.3) is 0 Å². The lowest BCUT2D eigenvalue weighted by molar-refractivity contribution is 0.536. The van der Waals surface area contributed by atoms with E-state index in [-0.39, 0.29) is 0 Å². The Bertz CT molecular complexity index is 342. The Hall–Kier alpha value is -0.480. The third kappa shape index (κ3) is 2.55. The van der Waals surface area contributed by atoms with Crippen LogP contribution in [0.1, 0.15) is 25.0 Å². The first-order chi connectivity index (χ1) is 7.15. The standard InChI is InChI=1S/C11H19N3S/c1-9-7-10(14(2)13-9)15-8-11(3-4-11)5-6-12/h7H,3-6,8,12H2,1-2H3. The lowest BCUT2D eigenvalue weighted by Gasteiger charge is -2.12. The minimum atomic E-state index is 0.553. The summed E-state index contributed by atoms with van der Waals surface area (Å²) in [5.74, 6) is 1.20. The maximum Gasteiger partial charge on any atom is 0.0939 e. The van der Waals surface area contributed by atoms with E-state index in [2.05, 4.69) is 11.2 Å². The SMILES string of the molecule is Cc1cc(SCC2(CCN)CC2)n(C)n1. The average molecular weight is 225 g/mol. The van der Waals surface area contributed by atoms with Crippen LogP contribution in [0.5, 0.6) is 0 Å². The second-order valence-corrected chi connectivity index (χ2v) is 5.57. The first kappa shape index (κ1) is 11.0. The summed E-state index contributed by atoms with van der Waals surface area (Å²) in [6.45, 7) is 2.86. The van der Waals surface area contributed by atoms with E-state index >= 15 is 0 Å². The summed E-state index contributed by atoms with van der Waals surface area (Å²) in [5, 5.41) is 5.62. The zero-order valence-electron chi connectivity index (χ0n) is 9.49. The van der Waals surface area contributed by atoms with Crippen LogP contribution in [0.15, 0.2) is 11.1 Å². The van der Waals surface area contributed by atoms with Crippen LogP contribution >= 0.6 is 11.8 Å². The molecule has 0 unspecified atom stereocenters. The van der Waals surface area contributed by atoms with Crippen LogP contribution < -0.4 is 5.73 Å². The molecule has 0 radical (unpaired) electrons. The van der Waals surface area contributed by atoms with Gasteiger partial charge in [0.1, 0.15) is 0 Å². The first-order valence-corrected chi connectivity index (χ1v) is 6.47. The summed E-state index contributed by atoms with van der Waals surface area (Å²) in [4.78, 5) is 0. The molecular formula is C11H19N3S. The predicted molar refractivity (Wildman–Crippen MR) is 64.0 cm³/mol. The number of aryl methyl sites for hydroxylation is 2. The highest BCUT2D eigenvalue weighted by Gasteiger charge is 2.41. The molecule has 15 heavy (non-hydrogen) atoms. The van der Waals surface area contributed by atoms with Crippen LogP contribution in [0.3, 0.4) is 0 Å². The summed E-state index contributed by atoms with van der Waals surface area (Å²) in [6.07, 6.45) is 3.89. The van der Waals surface area contributed by atoms with Crippen LogP contribution in [-0.2, 0) is 7.05 Å². The second-order valence-electron chi connectivity index (χ2n) is 4.57.